The monoisotopic (exact) mass is 440 g/mol. The molecule has 30 heavy (non-hydrogen) atoms. The maximum atomic E-state index is 14.6. The maximum Gasteiger partial charge on any atom is 0.184 e. The molecule has 0 aliphatic heterocycles. The van der Waals surface area contributed by atoms with Gasteiger partial charge in [-0.15, -0.1) is 0 Å². The van der Waals surface area contributed by atoms with Crippen LogP contribution >= 0.6 is 22.9 Å². The van der Waals surface area contributed by atoms with Crippen LogP contribution in [0, 0.1) is 5.82 Å². The number of fused-ring (bicyclic) bond motifs is 1. The molecule has 0 spiro atoms. The lowest BCUT2D eigenvalue weighted by atomic mass is 9.97. The fourth-order valence-corrected chi connectivity index (χ4v) is 4.41. The molecule has 1 atom stereocenters. The molecule has 1 aromatic heterocycles. The summed E-state index contributed by atoms with van der Waals surface area (Å²) >= 11 is 7.60. The Kier molecular flexibility index (Phi) is 5.97. The highest BCUT2D eigenvalue weighted by Gasteiger charge is 2.22. The second-order valence-corrected chi connectivity index (χ2v) is 8.12. The summed E-state index contributed by atoms with van der Waals surface area (Å²) in [5, 5.41) is 4.22. The zero-order valence-corrected chi connectivity index (χ0v) is 17.6. The molecule has 0 fully saturated rings. The lowest BCUT2D eigenvalue weighted by Crippen LogP contribution is -2.17. The van der Waals surface area contributed by atoms with Crippen LogP contribution in [0.4, 0.5) is 9.52 Å². The molecule has 4 rings (SSSR count). The zero-order valence-electron chi connectivity index (χ0n) is 16.1. The van der Waals surface area contributed by atoms with Gasteiger partial charge in [-0.1, -0.05) is 53.3 Å². The van der Waals surface area contributed by atoms with E-state index in [4.69, 9.17) is 16.3 Å². The normalized spacial score (nSPS) is 12.0. The summed E-state index contributed by atoms with van der Waals surface area (Å²) in [5.74, 6) is 0.172. The molecule has 4 aromatic rings. The molecule has 0 saturated heterocycles. The van der Waals surface area contributed by atoms with Crippen LogP contribution in [0.1, 0.15) is 28.4 Å². The second-order valence-electron chi connectivity index (χ2n) is 6.68. The summed E-state index contributed by atoms with van der Waals surface area (Å²) in [4.78, 5) is 17.5. The third kappa shape index (κ3) is 4.30. The van der Waals surface area contributed by atoms with Crippen LogP contribution in [-0.4, -0.2) is 17.9 Å². The minimum atomic E-state index is -0.600. The van der Waals surface area contributed by atoms with E-state index in [1.807, 2.05) is 18.2 Å². The van der Waals surface area contributed by atoms with Gasteiger partial charge in [0, 0.05) is 17.5 Å². The van der Waals surface area contributed by atoms with Crippen LogP contribution in [-0.2, 0) is 0 Å². The van der Waals surface area contributed by atoms with Gasteiger partial charge in [0.25, 0.3) is 0 Å². The number of rotatable bonds is 7. The Morgan fingerprint density at radius 2 is 1.93 bits per heavy atom. The molecule has 4 nitrogen and oxygen atoms in total. The van der Waals surface area contributed by atoms with Crippen molar-refractivity contribution in [2.75, 3.05) is 12.4 Å². The number of benzene rings is 3. The third-order valence-electron chi connectivity index (χ3n) is 4.74. The Balaban J connectivity index is 1.66. The van der Waals surface area contributed by atoms with Crippen molar-refractivity contribution in [1.82, 2.24) is 4.98 Å². The smallest absolute Gasteiger partial charge is 0.184 e. The van der Waals surface area contributed by atoms with Gasteiger partial charge >= 0.3 is 0 Å². The van der Waals surface area contributed by atoms with Gasteiger partial charge in [0.05, 0.1) is 28.4 Å². The number of Topliss-reactive ketones (excluding diaryl/α,β-unsaturated/α-hetero) is 1. The van der Waals surface area contributed by atoms with Crippen LogP contribution in [0.15, 0.2) is 66.7 Å². The summed E-state index contributed by atoms with van der Waals surface area (Å²) in [5.41, 5.74) is 1.61. The molecule has 0 saturated carbocycles. The molecule has 0 aliphatic carbocycles. The Bertz CT molecular complexity index is 1210. The van der Waals surface area contributed by atoms with E-state index in [-0.39, 0.29) is 18.0 Å². The first-order valence-corrected chi connectivity index (χ1v) is 10.5. The molecular weight excluding hydrogens is 423 g/mol. The number of ketones is 1. The number of anilines is 1. The van der Waals surface area contributed by atoms with Crippen molar-refractivity contribution in [2.45, 2.75) is 12.5 Å². The molecule has 1 N–H and O–H groups in total. The number of nitrogens with one attached hydrogen (secondary N) is 1. The molecule has 1 unspecified atom stereocenters. The number of thiazole rings is 1. The van der Waals surface area contributed by atoms with Gasteiger partial charge in [-0.05, 0) is 36.4 Å². The molecule has 1 heterocycles. The fraction of sp³-hybridized carbons (Fsp3) is 0.130. The Labute approximate surface area is 182 Å². The average Bonchev–Trinajstić information content (AvgIpc) is 3.15. The SMILES string of the molecule is COc1ccc2nc(NC(CC(=O)c3ccccc3Cl)c3ccccc3F)sc2c1. The predicted molar refractivity (Wildman–Crippen MR) is 119 cm³/mol. The van der Waals surface area contributed by atoms with Gasteiger partial charge < -0.3 is 10.1 Å². The first-order valence-electron chi connectivity index (χ1n) is 9.28. The van der Waals surface area contributed by atoms with Crippen LogP contribution in [0.3, 0.4) is 0 Å². The number of hydrogen-bond acceptors (Lipinski definition) is 5. The van der Waals surface area contributed by atoms with Crippen molar-refractivity contribution in [1.29, 1.82) is 0 Å². The molecule has 152 valence electrons. The van der Waals surface area contributed by atoms with Gasteiger partial charge in [0.2, 0.25) is 0 Å². The van der Waals surface area contributed by atoms with Gasteiger partial charge in [-0.25, -0.2) is 9.37 Å². The summed E-state index contributed by atoms with van der Waals surface area (Å²) < 4.78 is 20.8. The maximum absolute atomic E-state index is 14.6. The van der Waals surface area contributed by atoms with Crippen LogP contribution in [0.2, 0.25) is 5.02 Å². The topological polar surface area (TPSA) is 51.2 Å². The average molecular weight is 441 g/mol. The second kappa shape index (κ2) is 8.81. The molecular formula is C23H18ClFN2O2S. The van der Waals surface area contributed by atoms with Gasteiger partial charge in [0.15, 0.2) is 10.9 Å². The van der Waals surface area contributed by atoms with E-state index in [1.165, 1.54) is 17.4 Å². The summed E-state index contributed by atoms with van der Waals surface area (Å²) in [7, 11) is 1.61. The number of hydrogen-bond donors (Lipinski definition) is 1. The number of carbonyl (C=O) groups excluding carboxylic acids is 1. The lowest BCUT2D eigenvalue weighted by Gasteiger charge is -2.19. The summed E-state index contributed by atoms with van der Waals surface area (Å²) in [6.07, 6.45) is 0.0317. The quantitative estimate of drug-likeness (QED) is 0.332. The minimum absolute atomic E-state index is 0.0317. The first-order chi connectivity index (χ1) is 14.5. The van der Waals surface area contributed by atoms with E-state index >= 15 is 0 Å². The highest BCUT2D eigenvalue weighted by atomic mass is 35.5. The van der Waals surface area contributed by atoms with Crippen molar-refractivity contribution in [2.24, 2.45) is 0 Å². The van der Waals surface area contributed by atoms with Crippen molar-refractivity contribution >= 4 is 44.1 Å². The van der Waals surface area contributed by atoms with Gasteiger partial charge in [-0.3, -0.25) is 4.79 Å². The summed E-state index contributed by atoms with van der Waals surface area (Å²) in [6.45, 7) is 0. The number of halogens is 2. The zero-order chi connectivity index (χ0) is 21.1. The lowest BCUT2D eigenvalue weighted by molar-refractivity contribution is 0.0976. The van der Waals surface area contributed by atoms with Crippen molar-refractivity contribution < 1.29 is 13.9 Å². The number of methoxy groups -OCH3 is 1. The number of carbonyl (C=O) groups is 1. The molecule has 0 bridgehead atoms. The predicted octanol–water partition coefficient (Wildman–Crippen LogP) is 6.52. The van der Waals surface area contributed by atoms with E-state index in [2.05, 4.69) is 10.3 Å². The Morgan fingerprint density at radius 1 is 1.17 bits per heavy atom. The van der Waals surface area contributed by atoms with Crippen LogP contribution < -0.4 is 10.1 Å². The van der Waals surface area contributed by atoms with Gasteiger partial charge in [-0.2, -0.15) is 0 Å². The molecule has 3 aromatic carbocycles. The van der Waals surface area contributed by atoms with Crippen molar-refractivity contribution in [3.8, 4) is 5.75 Å². The van der Waals surface area contributed by atoms with Crippen molar-refractivity contribution in [3.63, 3.8) is 0 Å². The number of aromatic nitrogens is 1. The van der Waals surface area contributed by atoms with E-state index < -0.39 is 6.04 Å². The number of nitrogens with zero attached hydrogens (tertiary/aromatic N) is 1. The molecule has 0 radical (unpaired) electrons. The van der Waals surface area contributed by atoms with Crippen LogP contribution in [0.25, 0.3) is 10.2 Å². The largest absolute Gasteiger partial charge is 0.497 e. The first kappa shape index (κ1) is 20.3. The van der Waals surface area contributed by atoms with Crippen molar-refractivity contribution in [3.05, 3.63) is 88.7 Å². The molecule has 0 amide bonds. The van der Waals surface area contributed by atoms with E-state index in [0.717, 1.165) is 16.0 Å². The van der Waals surface area contributed by atoms with Crippen LogP contribution in [0.5, 0.6) is 5.75 Å². The highest BCUT2D eigenvalue weighted by Crippen LogP contribution is 2.33. The number of ether oxygens (including phenoxy) is 1. The Hall–Kier alpha value is -2.96. The summed E-state index contributed by atoms with van der Waals surface area (Å²) in [6, 6.07) is 18.3. The minimum Gasteiger partial charge on any atom is -0.497 e. The highest BCUT2D eigenvalue weighted by molar-refractivity contribution is 7.22. The van der Waals surface area contributed by atoms with E-state index in [1.54, 1.807) is 49.6 Å². The molecule has 7 heteroatoms. The Morgan fingerprint density at radius 3 is 2.70 bits per heavy atom. The fourth-order valence-electron chi connectivity index (χ4n) is 3.22. The van der Waals surface area contributed by atoms with E-state index in [0.29, 0.717) is 21.3 Å². The van der Waals surface area contributed by atoms with E-state index in [9.17, 15) is 9.18 Å². The third-order valence-corrected chi connectivity index (χ3v) is 6.02. The van der Waals surface area contributed by atoms with Gasteiger partial charge in [0.1, 0.15) is 11.6 Å². The standard InChI is InChI=1S/C23H18ClFN2O2S/c1-29-14-10-11-19-22(12-14)30-23(26-19)27-20(16-7-3-5-9-18(16)25)13-21(28)15-6-2-4-8-17(15)24/h2-12,20H,13H2,1H3,(H,26,27). The molecule has 0 aliphatic rings.